The van der Waals surface area contributed by atoms with Gasteiger partial charge < -0.3 is 20.1 Å². The number of benzene rings is 3. The van der Waals surface area contributed by atoms with Crippen LogP contribution in [0.5, 0.6) is 11.5 Å². The predicted molar refractivity (Wildman–Crippen MR) is 110 cm³/mol. The predicted octanol–water partition coefficient (Wildman–Crippen LogP) is 3.66. The van der Waals surface area contributed by atoms with Gasteiger partial charge in [0.25, 0.3) is 0 Å². The van der Waals surface area contributed by atoms with Crippen molar-refractivity contribution in [2.75, 3.05) is 6.54 Å². The van der Waals surface area contributed by atoms with Crippen LogP contribution in [0, 0.1) is 0 Å². The SMILES string of the molecule is Oc1cccc([C@H]2[NH2+]CCc3c2[nH]c2ccc(OCc4ccccc4)cc32)c1. The second kappa shape index (κ2) is 7.06. The van der Waals surface area contributed by atoms with Crippen LogP contribution >= 0.6 is 0 Å². The van der Waals surface area contributed by atoms with Gasteiger partial charge in [0.05, 0.1) is 12.2 Å². The van der Waals surface area contributed by atoms with E-state index in [0.717, 1.165) is 35.4 Å². The maximum absolute atomic E-state index is 9.88. The number of phenolic OH excluding ortho intramolecular Hbond substituents is 1. The van der Waals surface area contributed by atoms with E-state index in [1.54, 1.807) is 6.07 Å². The number of ether oxygens (including phenoxy) is 1. The third-order valence-electron chi connectivity index (χ3n) is 5.50. The molecule has 1 aliphatic heterocycles. The van der Waals surface area contributed by atoms with Crippen LogP contribution in [0.2, 0.25) is 0 Å². The van der Waals surface area contributed by atoms with E-state index in [1.807, 2.05) is 36.4 Å². The lowest BCUT2D eigenvalue weighted by atomic mass is 9.94. The Morgan fingerprint density at radius 3 is 2.75 bits per heavy atom. The number of aromatic hydroxyl groups is 1. The van der Waals surface area contributed by atoms with Crippen LogP contribution < -0.4 is 10.1 Å². The molecule has 1 aliphatic rings. The summed E-state index contributed by atoms with van der Waals surface area (Å²) in [7, 11) is 0. The first-order chi connectivity index (χ1) is 13.8. The molecule has 0 unspecified atom stereocenters. The van der Waals surface area contributed by atoms with E-state index in [4.69, 9.17) is 4.74 Å². The molecule has 0 amide bonds. The summed E-state index contributed by atoms with van der Waals surface area (Å²) in [5, 5.41) is 13.4. The fourth-order valence-electron chi connectivity index (χ4n) is 4.15. The summed E-state index contributed by atoms with van der Waals surface area (Å²) in [5.41, 5.74) is 6.01. The third-order valence-corrected chi connectivity index (χ3v) is 5.50. The molecule has 0 saturated carbocycles. The number of fused-ring (bicyclic) bond motifs is 3. The van der Waals surface area contributed by atoms with E-state index < -0.39 is 0 Å². The lowest BCUT2D eigenvalue weighted by Gasteiger charge is -2.21. The molecule has 4 N–H and O–H groups in total. The Morgan fingerprint density at radius 1 is 1.00 bits per heavy atom. The molecule has 4 aromatic rings. The quantitative estimate of drug-likeness (QED) is 0.513. The standard InChI is InChI=1S/C24H22N2O2/c27-18-8-4-7-17(13-18)23-24-20(11-12-25-23)21-14-19(9-10-22(21)26-24)28-15-16-5-2-1-3-6-16/h1-10,13-14,23,25-27H,11-12,15H2/p+1/t23-/m1/s1. The first-order valence-corrected chi connectivity index (χ1v) is 9.71. The van der Waals surface area contributed by atoms with E-state index in [9.17, 15) is 5.11 Å². The molecule has 3 aromatic carbocycles. The highest BCUT2D eigenvalue weighted by Crippen LogP contribution is 2.33. The van der Waals surface area contributed by atoms with Crippen molar-refractivity contribution in [1.82, 2.24) is 4.98 Å². The Hall–Kier alpha value is -3.24. The molecule has 0 bridgehead atoms. The summed E-state index contributed by atoms with van der Waals surface area (Å²) >= 11 is 0. The normalized spacial score (nSPS) is 16.1. The van der Waals surface area contributed by atoms with Crippen molar-refractivity contribution in [2.24, 2.45) is 0 Å². The average Bonchev–Trinajstić information content (AvgIpc) is 3.11. The van der Waals surface area contributed by atoms with Gasteiger partial charge in [-0.1, -0.05) is 42.5 Å². The van der Waals surface area contributed by atoms with Gasteiger partial charge in [0.1, 0.15) is 18.1 Å². The topological polar surface area (TPSA) is 61.9 Å². The van der Waals surface area contributed by atoms with Crippen molar-refractivity contribution in [1.29, 1.82) is 0 Å². The summed E-state index contributed by atoms with van der Waals surface area (Å²) in [6, 6.07) is 24.3. The number of nitrogens with one attached hydrogen (secondary N) is 1. The van der Waals surface area contributed by atoms with Crippen LogP contribution in [0.1, 0.15) is 28.4 Å². The molecule has 4 heteroatoms. The number of aromatic amines is 1. The Labute approximate surface area is 163 Å². The molecule has 28 heavy (non-hydrogen) atoms. The van der Waals surface area contributed by atoms with E-state index in [-0.39, 0.29) is 6.04 Å². The fraction of sp³-hybridized carbons (Fsp3) is 0.167. The third kappa shape index (κ3) is 3.12. The lowest BCUT2D eigenvalue weighted by molar-refractivity contribution is -0.690. The molecule has 0 fully saturated rings. The Balaban J connectivity index is 1.48. The van der Waals surface area contributed by atoms with Crippen molar-refractivity contribution in [3.05, 3.63) is 95.2 Å². The molecule has 0 aliphatic carbocycles. The van der Waals surface area contributed by atoms with Gasteiger partial charge in [-0.05, 0) is 41.5 Å². The largest absolute Gasteiger partial charge is 0.508 e. The minimum Gasteiger partial charge on any atom is -0.508 e. The number of H-pyrrole nitrogens is 1. The van der Waals surface area contributed by atoms with Crippen LogP contribution in [-0.4, -0.2) is 16.6 Å². The van der Waals surface area contributed by atoms with Gasteiger partial charge in [0.2, 0.25) is 0 Å². The van der Waals surface area contributed by atoms with E-state index in [1.165, 1.54) is 16.6 Å². The highest BCUT2D eigenvalue weighted by atomic mass is 16.5. The molecular weight excluding hydrogens is 348 g/mol. The van der Waals surface area contributed by atoms with Crippen molar-refractivity contribution in [2.45, 2.75) is 19.1 Å². The van der Waals surface area contributed by atoms with Crippen LogP contribution in [0.4, 0.5) is 0 Å². The van der Waals surface area contributed by atoms with Crippen LogP contribution in [0.25, 0.3) is 10.9 Å². The Kier molecular flexibility index (Phi) is 4.26. The minimum atomic E-state index is 0.178. The molecule has 140 valence electrons. The highest BCUT2D eigenvalue weighted by Gasteiger charge is 2.28. The molecule has 0 radical (unpaired) electrons. The van der Waals surface area contributed by atoms with Gasteiger partial charge in [0.15, 0.2) is 6.04 Å². The number of rotatable bonds is 4. The summed E-state index contributed by atoms with van der Waals surface area (Å²) in [5.74, 6) is 1.20. The van der Waals surface area contributed by atoms with Gasteiger partial charge in [-0.25, -0.2) is 0 Å². The molecule has 5 rings (SSSR count). The molecule has 1 atom stereocenters. The smallest absolute Gasteiger partial charge is 0.153 e. The Bertz CT molecular complexity index is 1120. The van der Waals surface area contributed by atoms with Gasteiger partial charge in [-0.3, -0.25) is 0 Å². The first kappa shape index (κ1) is 16.9. The number of quaternary nitrogens is 1. The van der Waals surface area contributed by atoms with Crippen LogP contribution in [0.15, 0.2) is 72.8 Å². The molecule has 1 aromatic heterocycles. The first-order valence-electron chi connectivity index (χ1n) is 9.71. The highest BCUT2D eigenvalue weighted by molar-refractivity contribution is 5.86. The van der Waals surface area contributed by atoms with Crippen molar-refractivity contribution >= 4 is 10.9 Å². The van der Waals surface area contributed by atoms with Gasteiger partial charge in [-0.2, -0.15) is 0 Å². The molecule has 0 saturated heterocycles. The van der Waals surface area contributed by atoms with E-state index in [2.05, 4.69) is 40.6 Å². The summed E-state index contributed by atoms with van der Waals surface area (Å²) in [6.07, 6.45) is 1.02. The summed E-state index contributed by atoms with van der Waals surface area (Å²) in [6.45, 7) is 1.59. The minimum absolute atomic E-state index is 0.178. The zero-order valence-electron chi connectivity index (χ0n) is 15.6. The van der Waals surface area contributed by atoms with Crippen molar-refractivity contribution < 1.29 is 15.2 Å². The second-order valence-corrected chi connectivity index (χ2v) is 7.35. The number of phenols is 1. The van der Waals surface area contributed by atoms with Crippen molar-refractivity contribution in [3.8, 4) is 11.5 Å². The zero-order valence-corrected chi connectivity index (χ0v) is 15.6. The zero-order chi connectivity index (χ0) is 18.9. The second-order valence-electron chi connectivity index (χ2n) is 7.35. The van der Waals surface area contributed by atoms with Crippen LogP contribution in [-0.2, 0) is 13.0 Å². The number of hydrogen-bond acceptors (Lipinski definition) is 2. The molecule has 2 heterocycles. The number of nitrogens with two attached hydrogens (primary N) is 1. The molecule has 0 spiro atoms. The Morgan fingerprint density at radius 2 is 1.89 bits per heavy atom. The van der Waals surface area contributed by atoms with Gasteiger partial charge in [0, 0.05) is 22.9 Å². The van der Waals surface area contributed by atoms with Crippen LogP contribution in [0.3, 0.4) is 0 Å². The lowest BCUT2D eigenvalue weighted by Crippen LogP contribution is -2.87. The van der Waals surface area contributed by atoms with E-state index in [0.29, 0.717) is 12.4 Å². The molecular formula is C24H23N2O2+. The van der Waals surface area contributed by atoms with Gasteiger partial charge in [-0.15, -0.1) is 0 Å². The summed E-state index contributed by atoms with van der Waals surface area (Å²) < 4.78 is 6.03. The molecule has 4 nitrogen and oxygen atoms in total. The van der Waals surface area contributed by atoms with Gasteiger partial charge >= 0.3 is 0 Å². The maximum Gasteiger partial charge on any atom is 0.153 e. The number of aromatic nitrogens is 1. The number of hydrogen-bond donors (Lipinski definition) is 3. The monoisotopic (exact) mass is 371 g/mol. The van der Waals surface area contributed by atoms with E-state index >= 15 is 0 Å². The maximum atomic E-state index is 9.88. The van der Waals surface area contributed by atoms with Crippen molar-refractivity contribution in [3.63, 3.8) is 0 Å². The fourth-order valence-corrected chi connectivity index (χ4v) is 4.15. The summed E-state index contributed by atoms with van der Waals surface area (Å²) in [4.78, 5) is 3.62. The average molecular weight is 371 g/mol.